The molecule has 28 heavy (non-hydrogen) atoms. The molecule has 0 radical (unpaired) electrons. The Hall–Kier alpha value is -2.90. The topological polar surface area (TPSA) is 49.9 Å². The number of ether oxygens (including phenoxy) is 1. The molecule has 140 valence electrons. The zero-order valence-corrected chi connectivity index (χ0v) is 16.7. The van der Waals surface area contributed by atoms with Crippen molar-refractivity contribution >= 4 is 57.1 Å². The van der Waals surface area contributed by atoms with Gasteiger partial charge in [-0.05, 0) is 18.2 Å². The highest BCUT2D eigenvalue weighted by molar-refractivity contribution is 8.27. The minimum atomic E-state index is -0.321. The van der Waals surface area contributed by atoms with E-state index in [0.717, 1.165) is 23.0 Å². The number of thiocarbonyl (C=S) groups is 1. The van der Waals surface area contributed by atoms with Gasteiger partial charge in [-0.3, -0.25) is 14.5 Å². The Morgan fingerprint density at radius 3 is 2.46 bits per heavy atom. The fourth-order valence-electron chi connectivity index (χ4n) is 3.35. The average Bonchev–Trinajstić information content (AvgIpc) is 3.15. The number of nitrogens with zero attached hydrogens (tertiary/aromatic N) is 2. The first-order valence-corrected chi connectivity index (χ1v) is 9.76. The molecule has 2 amide bonds. The number of para-hydroxylation sites is 3. The lowest BCUT2D eigenvalue weighted by Gasteiger charge is -2.17. The molecule has 5 nitrogen and oxygen atoms in total. The van der Waals surface area contributed by atoms with Crippen LogP contribution in [0.15, 0.2) is 66.1 Å². The van der Waals surface area contributed by atoms with Crippen LogP contribution >= 0.6 is 24.0 Å². The minimum Gasteiger partial charge on any atom is -0.495 e. The van der Waals surface area contributed by atoms with Crippen LogP contribution in [0.3, 0.4) is 0 Å². The quantitative estimate of drug-likeness (QED) is 0.435. The van der Waals surface area contributed by atoms with Crippen LogP contribution in [-0.4, -0.2) is 29.8 Å². The molecule has 0 N–H and O–H groups in total. The predicted octanol–water partition coefficient (Wildman–Crippen LogP) is 4.00. The molecule has 1 fully saturated rings. The van der Waals surface area contributed by atoms with Gasteiger partial charge in [0.15, 0.2) is 4.32 Å². The summed E-state index contributed by atoms with van der Waals surface area (Å²) in [6.45, 7) is 4.09. The molecular formula is C21H16N2O3S2. The number of rotatable bonds is 4. The number of amides is 2. The lowest BCUT2D eigenvalue weighted by atomic mass is 10.1. The second-order valence-corrected chi connectivity index (χ2v) is 7.75. The Kier molecular flexibility index (Phi) is 4.78. The first-order chi connectivity index (χ1) is 13.6. The van der Waals surface area contributed by atoms with E-state index in [-0.39, 0.29) is 11.8 Å². The van der Waals surface area contributed by atoms with Crippen LogP contribution in [0.2, 0.25) is 0 Å². The lowest BCUT2D eigenvalue weighted by molar-refractivity contribution is -0.115. The average molecular weight is 409 g/mol. The first-order valence-electron chi connectivity index (χ1n) is 8.54. The summed E-state index contributed by atoms with van der Waals surface area (Å²) in [5, 5.41) is 0. The smallest absolute Gasteiger partial charge is 0.271 e. The van der Waals surface area contributed by atoms with Crippen LogP contribution in [0.5, 0.6) is 5.75 Å². The van der Waals surface area contributed by atoms with Crippen molar-refractivity contribution in [2.24, 2.45) is 0 Å². The molecule has 0 aliphatic carbocycles. The summed E-state index contributed by atoms with van der Waals surface area (Å²) in [6.07, 6.45) is 1.66. The summed E-state index contributed by atoms with van der Waals surface area (Å²) in [5.74, 6) is -0.00350. The molecule has 2 aliphatic rings. The second kappa shape index (κ2) is 7.26. The standard InChI is InChI=1S/C21H16N2O3S2/c1-3-12-22-14-9-5-4-8-13(14)17(19(22)24)18-20(25)23(21(27)28-18)15-10-6-7-11-16(15)26-2/h3-11H,1,12H2,2H3. The van der Waals surface area contributed by atoms with E-state index >= 15 is 0 Å². The van der Waals surface area contributed by atoms with Gasteiger partial charge in [0.25, 0.3) is 11.8 Å². The van der Waals surface area contributed by atoms with Crippen LogP contribution in [0.25, 0.3) is 5.57 Å². The Balaban J connectivity index is 1.85. The maximum Gasteiger partial charge on any atom is 0.271 e. The highest BCUT2D eigenvalue weighted by Crippen LogP contribution is 2.46. The molecule has 2 aromatic rings. The van der Waals surface area contributed by atoms with E-state index in [4.69, 9.17) is 17.0 Å². The van der Waals surface area contributed by atoms with Gasteiger partial charge in [0.1, 0.15) is 5.75 Å². The van der Waals surface area contributed by atoms with Crippen LogP contribution in [0, 0.1) is 0 Å². The van der Waals surface area contributed by atoms with E-state index in [2.05, 4.69) is 6.58 Å². The van der Waals surface area contributed by atoms with Gasteiger partial charge < -0.3 is 9.64 Å². The van der Waals surface area contributed by atoms with Crippen molar-refractivity contribution in [1.82, 2.24) is 0 Å². The number of methoxy groups -OCH3 is 1. The number of fused-ring (bicyclic) bond motifs is 1. The maximum absolute atomic E-state index is 13.3. The fourth-order valence-corrected chi connectivity index (χ4v) is 4.71. The number of carbonyl (C=O) groups is 2. The zero-order chi connectivity index (χ0) is 19.8. The SMILES string of the molecule is C=CCN1C(=O)C(=C2SC(=S)N(c3ccccc3OC)C2=O)c2ccccc21. The molecule has 2 heterocycles. The second-order valence-electron chi connectivity index (χ2n) is 6.11. The number of anilines is 2. The Morgan fingerprint density at radius 2 is 1.75 bits per heavy atom. The number of hydrogen-bond acceptors (Lipinski definition) is 5. The fraction of sp³-hybridized carbons (Fsp3) is 0.0952. The van der Waals surface area contributed by atoms with Crippen LogP contribution in [0.1, 0.15) is 5.56 Å². The number of benzene rings is 2. The van der Waals surface area contributed by atoms with Gasteiger partial charge in [0.05, 0.1) is 29.0 Å². The zero-order valence-electron chi connectivity index (χ0n) is 15.0. The summed E-state index contributed by atoms with van der Waals surface area (Å²) in [7, 11) is 1.54. The van der Waals surface area contributed by atoms with E-state index in [1.54, 1.807) is 30.2 Å². The third-order valence-corrected chi connectivity index (χ3v) is 5.93. The molecule has 7 heteroatoms. The Morgan fingerprint density at radius 1 is 1.07 bits per heavy atom. The number of carbonyl (C=O) groups excluding carboxylic acids is 2. The van der Waals surface area contributed by atoms with Gasteiger partial charge in [0.2, 0.25) is 0 Å². The van der Waals surface area contributed by atoms with Gasteiger partial charge >= 0.3 is 0 Å². The molecule has 0 saturated carbocycles. The van der Waals surface area contributed by atoms with E-state index in [1.807, 2.05) is 36.4 Å². The van der Waals surface area contributed by atoms with Crippen molar-refractivity contribution in [3.05, 3.63) is 71.7 Å². The van der Waals surface area contributed by atoms with Crippen LogP contribution in [0.4, 0.5) is 11.4 Å². The molecule has 0 aromatic heterocycles. The highest BCUT2D eigenvalue weighted by Gasteiger charge is 2.42. The minimum absolute atomic E-state index is 0.221. The molecule has 0 spiro atoms. The predicted molar refractivity (Wildman–Crippen MR) is 117 cm³/mol. The van der Waals surface area contributed by atoms with E-state index in [1.165, 1.54) is 4.90 Å². The van der Waals surface area contributed by atoms with Gasteiger partial charge in [-0.15, -0.1) is 6.58 Å². The third kappa shape index (κ3) is 2.75. The van der Waals surface area contributed by atoms with Gasteiger partial charge in [-0.1, -0.05) is 60.4 Å². The van der Waals surface area contributed by atoms with E-state index in [0.29, 0.717) is 32.8 Å². The normalized spacial score (nSPS) is 18.7. The van der Waals surface area contributed by atoms with Gasteiger partial charge in [0, 0.05) is 12.1 Å². The van der Waals surface area contributed by atoms with Crippen molar-refractivity contribution < 1.29 is 14.3 Å². The summed E-state index contributed by atoms with van der Waals surface area (Å²) >= 11 is 6.61. The van der Waals surface area contributed by atoms with Crippen molar-refractivity contribution in [1.29, 1.82) is 0 Å². The van der Waals surface area contributed by atoms with Crippen LogP contribution < -0.4 is 14.5 Å². The first kappa shape index (κ1) is 18.5. The van der Waals surface area contributed by atoms with Gasteiger partial charge in [-0.2, -0.15) is 0 Å². The van der Waals surface area contributed by atoms with Crippen molar-refractivity contribution in [3.63, 3.8) is 0 Å². The van der Waals surface area contributed by atoms with Crippen LogP contribution in [-0.2, 0) is 9.59 Å². The molecular weight excluding hydrogens is 392 g/mol. The van der Waals surface area contributed by atoms with Crippen molar-refractivity contribution in [2.45, 2.75) is 0 Å². The molecule has 1 saturated heterocycles. The van der Waals surface area contributed by atoms with E-state index < -0.39 is 0 Å². The molecule has 0 atom stereocenters. The summed E-state index contributed by atoms with van der Waals surface area (Å²) in [5.41, 5.74) is 2.44. The summed E-state index contributed by atoms with van der Waals surface area (Å²) in [6, 6.07) is 14.6. The number of thioether (sulfide) groups is 1. The molecule has 0 unspecified atom stereocenters. The highest BCUT2D eigenvalue weighted by atomic mass is 32.2. The Labute approximate surface area is 172 Å². The lowest BCUT2D eigenvalue weighted by Crippen LogP contribution is -2.29. The Bertz CT molecular complexity index is 1060. The van der Waals surface area contributed by atoms with E-state index in [9.17, 15) is 9.59 Å². The summed E-state index contributed by atoms with van der Waals surface area (Å²) in [4.78, 5) is 29.8. The number of hydrogen-bond donors (Lipinski definition) is 0. The monoisotopic (exact) mass is 408 g/mol. The van der Waals surface area contributed by atoms with Crippen molar-refractivity contribution in [3.8, 4) is 5.75 Å². The molecule has 0 bridgehead atoms. The van der Waals surface area contributed by atoms with Crippen molar-refractivity contribution in [2.75, 3.05) is 23.5 Å². The molecule has 2 aliphatic heterocycles. The largest absolute Gasteiger partial charge is 0.495 e. The summed E-state index contributed by atoms with van der Waals surface area (Å²) < 4.78 is 5.74. The molecule has 2 aromatic carbocycles. The third-order valence-electron chi connectivity index (χ3n) is 4.56. The van der Waals surface area contributed by atoms with Gasteiger partial charge in [-0.25, -0.2) is 0 Å². The maximum atomic E-state index is 13.3. The molecule has 4 rings (SSSR count).